The van der Waals surface area contributed by atoms with E-state index in [1.54, 1.807) is 0 Å². The molecule has 0 radical (unpaired) electrons. The largest absolute Gasteiger partial charge is 0.748 e. The summed E-state index contributed by atoms with van der Waals surface area (Å²) in [6, 6.07) is 0. The summed E-state index contributed by atoms with van der Waals surface area (Å²) >= 11 is 0. The van der Waals surface area contributed by atoms with E-state index in [0.29, 0.717) is 11.8 Å². The SMILES string of the molecule is O=S(=O)([O-])CCCCC12CC3CC(CC(C3)C1)C2. The minimum absolute atomic E-state index is 0.167. The number of unbranched alkanes of at least 4 members (excludes halogenated alkanes) is 1. The third-order valence-corrected chi connectivity index (χ3v) is 6.31. The first kappa shape index (κ1) is 12.9. The zero-order valence-corrected chi connectivity index (χ0v) is 11.8. The first-order valence-electron chi connectivity index (χ1n) is 7.38. The molecule has 0 aromatic heterocycles. The van der Waals surface area contributed by atoms with E-state index in [-0.39, 0.29) is 5.75 Å². The Morgan fingerprint density at radius 3 is 1.89 bits per heavy atom. The van der Waals surface area contributed by atoms with Crippen LogP contribution in [0.5, 0.6) is 0 Å². The molecule has 0 aliphatic heterocycles. The van der Waals surface area contributed by atoms with E-state index in [1.807, 2.05) is 0 Å². The Hall–Kier alpha value is -0.0900. The lowest BCUT2D eigenvalue weighted by atomic mass is 9.48. The van der Waals surface area contributed by atoms with Crippen molar-refractivity contribution in [1.82, 2.24) is 0 Å². The summed E-state index contributed by atoms with van der Waals surface area (Å²) in [4.78, 5) is 0. The van der Waals surface area contributed by atoms with Gasteiger partial charge in [0.15, 0.2) is 0 Å². The van der Waals surface area contributed by atoms with Crippen molar-refractivity contribution < 1.29 is 13.0 Å². The van der Waals surface area contributed by atoms with Gasteiger partial charge in [-0.2, -0.15) is 0 Å². The van der Waals surface area contributed by atoms with Crippen LogP contribution < -0.4 is 0 Å². The molecule has 0 unspecified atom stereocenters. The van der Waals surface area contributed by atoms with Crippen molar-refractivity contribution >= 4 is 10.1 Å². The van der Waals surface area contributed by atoms with Crippen LogP contribution in [0.3, 0.4) is 0 Å². The lowest BCUT2D eigenvalue weighted by molar-refractivity contribution is -0.0581. The van der Waals surface area contributed by atoms with Gasteiger partial charge in [-0.1, -0.05) is 6.42 Å². The second-order valence-corrected chi connectivity index (χ2v) is 8.66. The molecular weight excluding hydrogens is 248 g/mol. The standard InChI is InChI=1S/C14H24O3S/c15-18(16,17)4-2-1-3-14-8-11-5-12(9-14)7-13(6-11)10-14/h11-13H,1-10H2,(H,15,16,17)/p-1. The van der Waals surface area contributed by atoms with Crippen LogP contribution in [-0.4, -0.2) is 18.7 Å². The van der Waals surface area contributed by atoms with Gasteiger partial charge in [0.05, 0.1) is 10.1 Å². The number of hydrogen-bond donors (Lipinski definition) is 0. The summed E-state index contributed by atoms with van der Waals surface area (Å²) in [5.41, 5.74) is 0.529. The van der Waals surface area contributed by atoms with Gasteiger partial charge in [-0.3, -0.25) is 0 Å². The van der Waals surface area contributed by atoms with Crippen molar-refractivity contribution in [2.75, 3.05) is 5.75 Å². The summed E-state index contributed by atoms with van der Waals surface area (Å²) in [7, 11) is -4.00. The van der Waals surface area contributed by atoms with E-state index in [0.717, 1.165) is 30.6 Å². The van der Waals surface area contributed by atoms with Crippen molar-refractivity contribution in [1.29, 1.82) is 0 Å². The topological polar surface area (TPSA) is 57.2 Å². The molecule has 4 heteroatoms. The van der Waals surface area contributed by atoms with Crippen LogP contribution in [0.2, 0.25) is 0 Å². The van der Waals surface area contributed by atoms with Crippen LogP contribution >= 0.6 is 0 Å². The van der Waals surface area contributed by atoms with Gasteiger partial charge in [-0.15, -0.1) is 0 Å². The number of rotatable bonds is 5. The van der Waals surface area contributed by atoms with Gasteiger partial charge in [0.25, 0.3) is 0 Å². The summed E-state index contributed by atoms with van der Waals surface area (Å²) in [6.07, 6.45) is 11.1. The molecule has 3 nitrogen and oxygen atoms in total. The van der Waals surface area contributed by atoms with Gasteiger partial charge in [0.2, 0.25) is 0 Å². The Morgan fingerprint density at radius 1 is 0.944 bits per heavy atom. The smallest absolute Gasteiger partial charge is 0.0945 e. The van der Waals surface area contributed by atoms with E-state index in [4.69, 9.17) is 0 Å². The van der Waals surface area contributed by atoms with Crippen LogP contribution in [0.4, 0.5) is 0 Å². The molecule has 4 bridgehead atoms. The minimum Gasteiger partial charge on any atom is -0.748 e. The molecule has 0 saturated heterocycles. The van der Waals surface area contributed by atoms with Crippen molar-refractivity contribution in [2.24, 2.45) is 23.2 Å². The van der Waals surface area contributed by atoms with Gasteiger partial charge >= 0.3 is 0 Å². The average molecular weight is 271 g/mol. The molecule has 0 aromatic carbocycles. The van der Waals surface area contributed by atoms with Crippen LogP contribution in [0, 0.1) is 23.2 Å². The highest BCUT2D eigenvalue weighted by Gasteiger charge is 2.50. The lowest BCUT2D eigenvalue weighted by Gasteiger charge is -2.57. The maximum absolute atomic E-state index is 10.6. The summed E-state index contributed by atoms with van der Waals surface area (Å²) < 4.78 is 31.8. The van der Waals surface area contributed by atoms with Crippen LogP contribution in [-0.2, 0) is 10.1 Å². The van der Waals surface area contributed by atoms with Gasteiger partial charge in [0.1, 0.15) is 0 Å². The summed E-state index contributed by atoms with van der Waals surface area (Å²) in [5, 5.41) is 0. The molecule has 4 rings (SSSR count). The monoisotopic (exact) mass is 271 g/mol. The first-order valence-corrected chi connectivity index (χ1v) is 8.95. The van der Waals surface area contributed by atoms with Crippen molar-refractivity contribution in [3.63, 3.8) is 0 Å². The van der Waals surface area contributed by atoms with Crippen molar-refractivity contribution in [2.45, 2.75) is 57.8 Å². The predicted molar refractivity (Wildman–Crippen MR) is 69.0 cm³/mol. The summed E-state index contributed by atoms with van der Waals surface area (Å²) in [6.45, 7) is 0. The maximum atomic E-state index is 10.6. The van der Waals surface area contributed by atoms with E-state index in [1.165, 1.54) is 38.5 Å². The Balaban J connectivity index is 1.53. The first-order chi connectivity index (χ1) is 8.44. The molecule has 0 N–H and O–H groups in total. The van der Waals surface area contributed by atoms with Crippen molar-refractivity contribution in [3.05, 3.63) is 0 Å². The minimum atomic E-state index is -4.00. The number of hydrogen-bond acceptors (Lipinski definition) is 3. The third kappa shape index (κ3) is 2.74. The normalized spacial score (nSPS) is 42.4. The molecule has 0 spiro atoms. The second kappa shape index (κ2) is 4.48. The third-order valence-electron chi connectivity index (χ3n) is 5.52. The zero-order valence-electron chi connectivity index (χ0n) is 10.9. The highest BCUT2D eigenvalue weighted by Crippen LogP contribution is 2.61. The van der Waals surface area contributed by atoms with Gasteiger partial charge in [-0.05, 0) is 74.5 Å². The molecule has 0 atom stereocenters. The molecule has 104 valence electrons. The fraction of sp³-hybridized carbons (Fsp3) is 1.00. The molecule has 4 aliphatic carbocycles. The molecule has 0 heterocycles. The van der Waals surface area contributed by atoms with E-state index in [2.05, 4.69) is 0 Å². The highest BCUT2D eigenvalue weighted by atomic mass is 32.2. The average Bonchev–Trinajstić information content (AvgIpc) is 2.21. The van der Waals surface area contributed by atoms with Crippen LogP contribution in [0.1, 0.15) is 57.8 Å². The Morgan fingerprint density at radius 2 is 1.44 bits per heavy atom. The van der Waals surface area contributed by atoms with Crippen molar-refractivity contribution in [3.8, 4) is 0 Å². The lowest BCUT2D eigenvalue weighted by Crippen LogP contribution is -2.45. The van der Waals surface area contributed by atoms with Gasteiger partial charge < -0.3 is 4.55 Å². The molecule has 0 aromatic rings. The Bertz CT molecular complexity index is 377. The molecule has 4 saturated carbocycles. The maximum Gasteiger partial charge on any atom is 0.0945 e. The van der Waals surface area contributed by atoms with E-state index >= 15 is 0 Å². The summed E-state index contributed by atoms with van der Waals surface area (Å²) in [5.74, 6) is 2.71. The molecule has 4 fully saturated rings. The van der Waals surface area contributed by atoms with Crippen LogP contribution in [0.15, 0.2) is 0 Å². The Labute approximate surface area is 110 Å². The fourth-order valence-electron chi connectivity index (χ4n) is 5.38. The van der Waals surface area contributed by atoms with E-state index in [9.17, 15) is 13.0 Å². The predicted octanol–water partition coefficient (Wildman–Crippen LogP) is 2.92. The second-order valence-electron chi connectivity index (χ2n) is 7.14. The van der Waals surface area contributed by atoms with Gasteiger partial charge in [-0.25, -0.2) is 8.42 Å². The molecular formula is C14H23O3S-. The van der Waals surface area contributed by atoms with E-state index < -0.39 is 10.1 Å². The van der Waals surface area contributed by atoms with Crippen LogP contribution in [0.25, 0.3) is 0 Å². The fourth-order valence-corrected chi connectivity index (χ4v) is 5.93. The van der Waals surface area contributed by atoms with Gasteiger partial charge in [0, 0.05) is 5.75 Å². The molecule has 4 aliphatic rings. The highest BCUT2D eigenvalue weighted by molar-refractivity contribution is 7.85. The zero-order chi connectivity index (χ0) is 12.8. The molecule has 0 amide bonds. The quantitative estimate of drug-likeness (QED) is 0.570. The Kier molecular flexibility index (Phi) is 3.22. The molecule has 18 heavy (non-hydrogen) atoms.